The van der Waals surface area contributed by atoms with Crippen LogP contribution in [0.15, 0.2) is 35.8 Å². The number of hydrogen-bond donors (Lipinski definition) is 0. The molecule has 0 fully saturated rings. The molecule has 0 saturated heterocycles. The van der Waals surface area contributed by atoms with Gasteiger partial charge in [0.15, 0.2) is 16.6 Å². The molecule has 134 valence electrons. The van der Waals surface area contributed by atoms with Gasteiger partial charge in [-0.25, -0.2) is 15.0 Å². The van der Waals surface area contributed by atoms with Crippen molar-refractivity contribution >= 4 is 34.7 Å². The summed E-state index contributed by atoms with van der Waals surface area (Å²) in [5.74, 6) is 0.746. The smallest absolute Gasteiger partial charge is 0.311 e. The fourth-order valence-corrected chi connectivity index (χ4v) is 3.25. The molecular formula is C17H17N5O3S. The summed E-state index contributed by atoms with van der Waals surface area (Å²) in [4.78, 5) is 24.1. The van der Waals surface area contributed by atoms with Crippen molar-refractivity contribution in [3.05, 3.63) is 52.0 Å². The fraction of sp³-hybridized carbons (Fsp3) is 0.235. The molecule has 3 aromatic rings. The largest absolute Gasteiger partial charge is 0.490 e. The monoisotopic (exact) mass is 371 g/mol. The van der Waals surface area contributed by atoms with Crippen LogP contribution in [0.5, 0.6) is 5.75 Å². The number of fused-ring (bicyclic) bond motifs is 1. The van der Waals surface area contributed by atoms with Crippen LogP contribution >= 0.6 is 11.8 Å². The van der Waals surface area contributed by atoms with Gasteiger partial charge < -0.3 is 9.30 Å². The molecule has 26 heavy (non-hydrogen) atoms. The van der Waals surface area contributed by atoms with Crippen LogP contribution < -0.4 is 4.74 Å². The molecule has 2 heterocycles. The van der Waals surface area contributed by atoms with E-state index in [1.165, 1.54) is 24.9 Å². The van der Waals surface area contributed by atoms with Crippen molar-refractivity contribution in [3.8, 4) is 5.75 Å². The predicted octanol–water partition coefficient (Wildman–Crippen LogP) is 3.61. The number of aryl methyl sites for hydroxylation is 1. The maximum atomic E-state index is 11.2. The fourth-order valence-electron chi connectivity index (χ4n) is 2.46. The molecule has 2 aromatic heterocycles. The van der Waals surface area contributed by atoms with E-state index in [4.69, 9.17) is 4.74 Å². The molecule has 0 aliphatic heterocycles. The lowest BCUT2D eigenvalue weighted by Crippen LogP contribution is -1.97. The number of nitrogens with zero attached hydrogens (tertiary/aromatic N) is 5. The number of methoxy groups -OCH3 is 1. The normalized spacial score (nSPS) is 11.3. The Morgan fingerprint density at radius 2 is 2.19 bits per heavy atom. The van der Waals surface area contributed by atoms with Gasteiger partial charge in [-0.15, -0.1) is 0 Å². The molecule has 0 bridgehead atoms. The summed E-state index contributed by atoms with van der Waals surface area (Å²) in [5, 5.41) is 11.7. The number of imidazole rings is 1. The summed E-state index contributed by atoms with van der Waals surface area (Å²) in [7, 11) is 3.29. The van der Waals surface area contributed by atoms with Crippen LogP contribution in [0, 0.1) is 10.1 Å². The van der Waals surface area contributed by atoms with Gasteiger partial charge in [0.05, 0.1) is 24.1 Å². The summed E-state index contributed by atoms with van der Waals surface area (Å²) >= 11 is 1.41. The second kappa shape index (κ2) is 7.52. The Bertz CT molecular complexity index is 999. The van der Waals surface area contributed by atoms with Crippen molar-refractivity contribution in [2.45, 2.75) is 17.8 Å². The molecular weight excluding hydrogens is 354 g/mol. The maximum Gasteiger partial charge on any atom is 0.311 e. The van der Waals surface area contributed by atoms with Gasteiger partial charge in [-0.1, -0.05) is 23.9 Å². The summed E-state index contributed by atoms with van der Waals surface area (Å²) in [6.45, 7) is 1.92. The SMILES string of the molecule is CC=Cc1nc(SCc2ccc(OC)c([N+](=O)[O-])c2)nc2c1ncn2C. The summed E-state index contributed by atoms with van der Waals surface area (Å²) < 4.78 is 6.87. The van der Waals surface area contributed by atoms with Crippen LogP contribution in [0.3, 0.4) is 0 Å². The maximum absolute atomic E-state index is 11.2. The number of aromatic nitrogens is 4. The van der Waals surface area contributed by atoms with E-state index >= 15 is 0 Å². The van der Waals surface area contributed by atoms with Crippen LogP contribution in [0.25, 0.3) is 17.2 Å². The Labute approximate surface area is 154 Å². The third kappa shape index (κ3) is 3.52. The van der Waals surface area contributed by atoms with Crippen molar-refractivity contribution < 1.29 is 9.66 Å². The molecule has 1 aromatic carbocycles. The van der Waals surface area contributed by atoms with Gasteiger partial charge in [-0.05, 0) is 24.6 Å². The van der Waals surface area contributed by atoms with Crippen LogP contribution in [0.2, 0.25) is 0 Å². The van der Waals surface area contributed by atoms with Crippen molar-refractivity contribution in [3.63, 3.8) is 0 Å². The molecule has 0 radical (unpaired) electrons. The van der Waals surface area contributed by atoms with E-state index in [0.29, 0.717) is 10.9 Å². The molecule has 0 saturated carbocycles. The Hall–Kier alpha value is -2.94. The van der Waals surface area contributed by atoms with E-state index < -0.39 is 4.92 Å². The van der Waals surface area contributed by atoms with Crippen LogP contribution in [-0.2, 0) is 12.8 Å². The van der Waals surface area contributed by atoms with Gasteiger partial charge >= 0.3 is 5.69 Å². The van der Waals surface area contributed by atoms with E-state index in [-0.39, 0.29) is 11.4 Å². The Morgan fingerprint density at radius 1 is 1.38 bits per heavy atom. The Morgan fingerprint density at radius 3 is 2.88 bits per heavy atom. The van der Waals surface area contributed by atoms with Gasteiger partial charge in [0.25, 0.3) is 0 Å². The third-order valence-electron chi connectivity index (χ3n) is 3.70. The number of nitro benzene ring substituents is 1. The molecule has 0 aliphatic carbocycles. The van der Waals surface area contributed by atoms with Gasteiger partial charge in [0.2, 0.25) is 0 Å². The van der Waals surface area contributed by atoms with Crippen LogP contribution in [0.1, 0.15) is 18.2 Å². The van der Waals surface area contributed by atoms with Crippen molar-refractivity contribution in [1.82, 2.24) is 19.5 Å². The molecule has 0 N–H and O–H groups in total. The van der Waals surface area contributed by atoms with Gasteiger partial charge in [-0.3, -0.25) is 10.1 Å². The van der Waals surface area contributed by atoms with Gasteiger partial charge in [0, 0.05) is 18.9 Å². The first kappa shape index (κ1) is 17.9. The summed E-state index contributed by atoms with van der Waals surface area (Å²) in [5.41, 5.74) is 2.99. The highest BCUT2D eigenvalue weighted by molar-refractivity contribution is 7.98. The minimum atomic E-state index is -0.449. The van der Waals surface area contributed by atoms with E-state index in [9.17, 15) is 10.1 Å². The first-order valence-corrected chi connectivity index (χ1v) is 8.78. The standard InChI is InChI=1S/C17H17N5O3S/c1-4-5-12-15-16(21(2)10-18-15)20-17(19-12)26-9-11-6-7-14(25-3)13(8-11)22(23)24/h4-8,10H,9H2,1-3H3. The topological polar surface area (TPSA) is 96.0 Å². The average molecular weight is 371 g/mol. The summed E-state index contributed by atoms with van der Waals surface area (Å²) in [6, 6.07) is 4.92. The van der Waals surface area contributed by atoms with Crippen molar-refractivity contribution in [2.75, 3.05) is 7.11 Å². The van der Waals surface area contributed by atoms with Crippen molar-refractivity contribution in [1.29, 1.82) is 0 Å². The highest BCUT2D eigenvalue weighted by Crippen LogP contribution is 2.30. The molecule has 3 rings (SSSR count). The van der Waals surface area contributed by atoms with E-state index in [1.807, 2.05) is 30.7 Å². The van der Waals surface area contributed by atoms with E-state index in [0.717, 1.165) is 22.4 Å². The van der Waals surface area contributed by atoms with Crippen LogP contribution in [0.4, 0.5) is 5.69 Å². The predicted molar refractivity (Wildman–Crippen MR) is 100 cm³/mol. The number of allylic oxidation sites excluding steroid dienone is 1. The molecule has 0 amide bonds. The zero-order valence-electron chi connectivity index (χ0n) is 14.5. The third-order valence-corrected chi connectivity index (χ3v) is 4.62. The van der Waals surface area contributed by atoms with Gasteiger partial charge in [-0.2, -0.15) is 0 Å². The Balaban J connectivity index is 1.89. The number of benzene rings is 1. The molecule has 8 nitrogen and oxygen atoms in total. The highest BCUT2D eigenvalue weighted by Gasteiger charge is 2.16. The van der Waals surface area contributed by atoms with Gasteiger partial charge in [0.1, 0.15) is 5.52 Å². The van der Waals surface area contributed by atoms with Crippen molar-refractivity contribution in [2.24, 2.45) is 7.05 Å². The number of rotatable bonds is 6. The Kier molecular flexibility index (Phi) is 5.17. The lowest BCUT2D eigenvalue weighted by atomic mass is 10.2. The minimum Gasteiger partial charge on any atom is -0.490 e. The molecule has 0 spiro atoms. The molecule has 9 heteroatoms. The minimum absolute atomic E-state index is 0.0526. The number of hydrogen-bond acceptors (Lipinski definition) is 7. The van der Waals surface area contributed by atoms with E-state index in [1.54, 1.807) is 18.5 Å². The zero-order valence-corrected chi connectivity index (χ0v) is 15.4. The highest BCUT2D eigenvalue weighted by atomic mass is 32.2. The average Bonchev–Trinajstić information content (AvgIpc) is 3.01. The first-order valence-electron chi connectivity index (χ1n) is 7.79. The quantitative estimate of drug-likeness (QED) is 0.283. The second-order valence-electron chi connectivity index (χ2n) is 5.47. The lowest BCUT2D eigenvalue weighted by molar-refractivity contribution is -0.385. The number of thioether (sulfide) groups is 1. The van der Waals surface area contributed by atoms with Crippen LogP contribution in [-0.4, -0.2) is 31.6 Å². The molecule has 0 unspecified atom stereocenters. The lowest BCUT2D eigenvalue weighted by Gasteiger charge is -2.06. The number of nitro groups is 1. The second-order valence-corrected chi connectivity index (χ2v) is 6.41. The van der Waals surface area contributed by atoms with E-state index in [2.05, 4.69) is 15.0 Å². The summed E-state index contributed by atoms with van der Waals surface area (Å²) in [6.07, 6.45) is 5.49. The number of ether oxygens (including phenoxy) is 1. The first-order chi connectivity index (χ1) is 12.5. The molecule has 0 aliphatic rings. The zero-order chi connectivity index (χ0) is 18.7. The molecule has 0 atom stereocenters.